The molecule has 3 N–H and O–H groups in total. The van der Waals surface area contributed by atoms with Crippen LogP contribution < -0.4 is 16.0 Å². The highest BCUT2D eigenvalue weighted by Crippen LogP contribution is 2.38. The van der Waals surface area contributed by atoms with E-state index in [1.807, 2.05) is 0 Å². The van der Waals surface area contributed by atoms with E-state index < -0.39 is 41.0 Å². The van der Waals surface area contributed by atoms with Crippen molar-refractivity contribution in [3.05, 3.63) is 76.8 Å². The number of amides is 2. The molecule has 1 saturated carbocycles. The summed E-state index contributed by atoms with van der Waals surface area (Å²) in [7, 11) is 0. The van der Waals surface area contributed by atoms with E-state index >= 15 is 0 Å². The number of pyridine rings is 1. The molecule has 1 atom stereocenters. The first-order valence-corrected chi connectivity index (χ1v) is 11.0. The minimum atomic E-state index is -4.68. The number of aromatic nitrogens is 3. The Balaban J connectivity index is 1.44. The first-order valence-electron chi connectivity index (χ1n) is 10.7. The highest BCUT2D eigenvalue weighted by atomic mass is 35.5. The number of alkyl halides is 3. The Labute approximate surface area is 207 Å². The quantitative estimate of drug-likeness (QED) is 0.392. The van der Waals surface area contributed by atoms with E-state index in [1.54, 1.807) is 0 Å². The molecule has 0 bridgehead atoms. The maximum absolute atomic E-state index is 14.8. The fourth-order valence-corrected chi connectivity index (χ4v) is 3.67. The standard InChI is InChI=1S/C23H19ClF4N6O2/c1-12(32-21(36)22(4-5-22)34-20(35)13-8-29-11-30-9-13)19-17(25)7-15(10-31-19)33-18-3-2-14(24)6-16(18)23(26,27)28/h2-3,6-12,33H,4-5H2,1H3,(H,32,36)(H,34,35). The normalized spacial score (nSPS) is 15.1. The topological polar surface area (TPSA) is 109 Å². The van der Waals surface area contributed by atoms with Gasteiger partial charge in [-0.05, 0) is 38.0 Å². The minimum Gasteiger partial charge on any atom is -0.354 e. The van der Waals surface area contributed by atoms with Gasteiger partial charge in [-0.25, -0.2) is 14.4 Å². The molecule has 13 heteroatoms. The van der Waals surface area contributed by atoms with Crippen molar-refractivity contribution in [1.82, 2.24) is 25.6 Å². The first-order chi connectivity index (χ1) is 17.0. The molecule has 0 saturated heterocycles. The lowest BCUT2D eigenvalue weighted by Crippen LogP contribution is -2.49. The lowest BCUT2D eigenvalue weighted by atomic mass is 10.1. The molecule has 1 fully saturated rings. The van der Waals surface area contributed by atoms with Gasteiger partial charge in [0.15, 0.2) is 0 Å². The Kier molecular flexibility index (Phi) is 6.81. The van der Waals surface area contributed by atoms with Gasteiger partial charge in [-0.2, -0.15) is 13.2 Å². The number of halogens is 5. The van der Waals surface area contributed by atoms with Crippen LogP contribution in [0.25, 0.3) is 0 Å². The molecule has 8 nitrogen and oxygen atoms in total. The predicted molar refractivity (Wildman–Crippen MR) is 122 cm³/mol. The summed E-state index contributed by atoms with van der Waals surface area (Å²) in [6.07, 6.45) is 1.16. The van der Waals surface area contributed by atoms with Crippen molar-refractivity contribution in [2.45, 2.75) is 37.5 Å². The van der Waals surface area contributed by atoms with Crippen molar-refractivity contribution in [3.8, 4) is 0 Å². The maximum Gasteiger partial charge on any atom is 0.418 e. The van der Waals surface area contributed by atoms with Crippen LogP contribution in [0.4, 0.5) is 28.9 Å². The summed E-state index contributed by atoms with van der Waals surface area (Å²) in [5.74, 6) is -1.87. The molecule has 0 spiro atoms. The van der Waals surface area contributed by atoms with E-state index in [0.717, 1.165) is 24.4 Å². The molecular formula is C23H19ClF4N6O2. The summed E-state index contributed by atoms with van der Waals surface area (Å²) < 4.78 is 54.8. The summed E-state index contributed by atoms with van der Waals surface area (Å²) in [4.78, 5) is 36.7. The fraction of sp³-hybridized carbons (Fsp3) is 0.261. The number of nitrogens with one attached hydrogen (secondary N) is 3. The molecule has 36 heavy (non-hydrogen) atoms. The van der Waals surface area contributed by atoms with Crippen molar-refractivity contribution in [1.29, 1.82) is 0 Å². The second-order valence-corrected chi connectivity index (χ2v) is 8.70. The van der Waals surface area contributed by atoms with Gasteiger partial charge < -0.3 is 16.0 Å². The second kappa shape index (κ2) is 9.69. The third kappa shape index (κ3) is 5.54. The number of carbonyl (C=O) groups is 2. The highest BCUT2D eigenvalue weighted by molar-refractivity contribution is 6.30. The number of rotatable bonds is 7. The van der Waals surface area contributed by atoms with E-state index in [1.165, 1.54) is 31.7 Å². The molecule has 1 aliphatic carbocycles. The van der Waals surface area contributed by atoms with Gasteiger partial charge in [0.2, 0.25) is 5.91 Å². The number of nitrogens with zero attached hydrogens (tertiary/aromatic N) is 3. The third-order valence-electron chi connectivity index (χ3n) is 5.55. The first kappa shape index (κ1) is 25.3. The smallest absolute Gasteiger partial charge is 0.354 e. The van der Waals surface area contributed by atoms with E-state index in [0.29, 0.717) is 12.8 Å². The monoisotopic (exact) mass is 522 g/mol. The van der Waals surface area contributed by atoms with Gasteiger partial charge in [0.25, 0.3) is 5.91 Å². The average Bonchev–Trinajstić information content (AvgIpc) is 3.61. The van der Waals surface area contributed by atoms with E-state index in [2.05, 4.69) is 30.9 Å². The largest absolute Gasteiger partial charge is 0.418 e. The molecule has 3 aromatic rings. The van der Waals surface area contributed by atoms with Crippen molar-refractivity contribution >= 4 is 34.8 Å². The summed E-state index contributed by atoms with van der Waals surface area (Å²) >= 11 is 5.68. The van der Waals surface area contributed by atoms with Crippen LogP contribution in [-0.4, -0.2) is 32.3 Å². The maximum atomic E-state index is 14.8. The molecule has 2 heterocycles. The van der Waals surface area contributed by atoms with Gasteiger partial charge in [0.05, 0.1) is 40.4 Å². The van der Waals surface area contributed by atoms with Gasteiger partial charge in [-0.15, -0.1) is 0 Å². The Hall–Kier alpha value is -3.80. The van der Waals surface area contributed by atoms with Crippen LogP contribution in [0.15, 0.2) is 49.2 Å². The zero-order valence-electron chi connectivity index (χ0n) is 18.7. The van der Waals surface area contributed by atoms with Crippen LogP contribution in [0.3, 0.4) is 0 Å². The van der Waals surface area contributed by atoms with Gasteiger partial charge in [-0.3, -0.25) is 14.6 Å². The van der Waals surface area contributed by atoms with E-state index in [-0.39, 0.29) is 27.7 Å². The van der Waals surface area contributed by atoms with E-state index in [9.17, 15) is 27.2 Å². The van der Waals surface area contributed by atoms with Crippen LogP contribution in [-0.2, 0) is 11.0 Å². The second-order valence-electron chi connectivity index (χ2n) is 8.26. The molecule has 2 amide bonds. The number of benzene rings is 1. The lowest BCUT2D eigenvalue weighted by molar-refractivity contribution is -0.137. The molecule has 1 unspecified atom stereocenters. The Morgan fingerprint density at radius 3 is 2.42 bits per heavy atom. The van der Waals surface area contributed by atoms with Crippen LogP contribution >= 0.6 is 11.6 Å². The minimum absolute atomic E-state index is 0.0291. The van der Waals surface area contributed by atoms with Crippen LogP contribution in [0.1, 0.15) is 47.4 Å². The van der Waals surface area contributed by atoms with Crippen LogP contribution in [0, 0.1) is 5.82 Å². The van der Waals surface area contributed by atoms with Crippen molar-refractivity contribution in [2.75, 3.05) is 5.32 Å². The molecule has 1 aliphatic rings. The number of anilines is 2. The Bertz CT molecular complexity index is 1300. The zero-order chi connectivity index (χ0) is 26.1. The van der Waals surface area contributed by atoms with Crippen molar-refractivity contribution < 1.29 is 27.2 Å². The summed E-state index contributed by atoms with van der Waals surface area (Å²) in [5.41, 5.74) is -2.44. The average molecular weight is 523 g/mol. The molecule has 1 aromatic carbocycles. The fourth-order valence-electron chi connectivity index (χ4n) is 3.49. The molecule has 0 radical (unpaired) electrons. The van der Waals surface area contributed by atoms with Crippen LogP contribution in [0.5, 0.6) is 0 Å². The van der Waals surface area contributed by atoms with Crippen molar-refractivity contribution in [3.63, 3.8) is 0 Å². The molecule has 0 aliphatic heterocycles. The van der Waals surface area contributed by atoms with E-state index in [4.69, 9.17) is 11.6 Å². The molecule has 188 valence electrons. The van der Waals surface area contributed by atoms with Gasteiger partial charge in [-0.1, -0.05) is 11.6 Å². The third-order valence-corrected chi connectivity index (χ3v) is 5.79. The molecule has 2 aromatic heterocycles. The van der Waals surface area contributed by atoms with Crippen LogP contribution in [0.2, 0.25) is 5.02 Å². The zero-order valence-corrected chi connectivity index (χ0v) is 19.4. The highest BCUT2D eigenvalue weighted by Gasteiger charge is 2.51. The van der Waals surface area contributed by atoms with Crippen molar-refractivity contribution in [2.24, 2.45) is 0 Å². The molecular weight excluding hydrogens is 504 g/mol. The number of hydrogen-bond donors (Lipinski definition) is 3. The number of carbonyl (C=O) groups excluding carboxylic acids is 2. The Morgan fingerprint density at radius 1 is 1.11 bits per heavy atom. The SMILES string of the molecule is CC(NC(=O)C1(NC(=O)c2cncnc2)CC1)c1ncc(Nc2ccc(Cl)cc2C(F)(F)F)cc1F. The predicted octanol–water partition coefficient (Wildman–Crippen LogP) is 4.57. The van der Waals surface area contributed by atoms with Gasteiger partial charge >= 0.3 is 6.18 Å². The molecule has 4 rings (SSSR count). The lowest BCUT2D eigenvalue weighted by Gasteiger charge is -2.21. The van der Waals surface area contributed by atoms with Gasteiger partial charge in [0.1, 0.15) is 17.7 Å². The Morgan fingerprint density at radius 2 is 1.81 bits per heavy atom. The number of hydrogen-bond acceptors (Lipinski definition) is 6. The van der Waals surface area contributed by atoms with Gasteiger partial charge in [0, 0.05) is 23.5 Å². The summed E-state index contributed by atoms with van der Waals surface area (Å²) in [6, 6.07) is 3.25. The summed E-state index contributed by atoms with van der Waals surface area (Å²) in [6.45, 7) is 1.50. The summed E-state index contributed by atoms with van der Waals surface area (Å²) in [5, 5.41) is 7.69.